The van der Waals surface area contributed by atoms with Crippen LogP contribution in [0.3, 0.4) is 0 Å². The van der Waals surface area contributed by atoms with E-state index in [4.69, 9.17) is 5.73 Å². The molecular formula is C6H8N2S. The molecule has 1 aromatic rings. The summed E-state index contributed by atoms with van der Waals surface area (Å²) in [5.41, 5.74) is 8.60. The molecular weight excluding hydrogens is 132 g/mol. The van der Waals surface area contributed by atoms with Crippen LogP contribution in [0.15, 0.2) is 5.51 Å². The highest BCUT2D eigenvalue weighted by molar-refractivity contribution is 7.13. The molecule has 1 aliphatic carbocycles. The summed E-state index contributed by atoms with van der Waals surface area (Å²) < 4.78 is 0. The molecule has 0 atom stereocenters. The van der Waals surface area contributed by atoms with E-state index in [-0.39, 0.29) is 0 Å². The molecule has 0 aliphatic heterocycles. The maximum Gasteiger partial charge on any atom is 0.109 e. The van der Waals surface area contributed by atoms with E-state index in [0.717, 1.165) is 10.7 Å². The van der Waals surface area contributed by atoms with Crippen LogP contribution in [-0.2, 0) is 0 Å². The van der Waals surface area contributed by atoms with Gasteiger partial charge in [-0.3, -0.25) is 0 Å². The zero-order valence-corrected chi connectivity index (χ0v) is 5.82. The Kier molecular flexibility index (Phi) is 0.990. The summed E-state index contributed by atoms with van der Waals surface area (Å²) >= 11 is 1.54. The summed E-state index contributed by atoms with van der Waals surface area (Å²) in [5, 5.41) is 0.914. The average Bonchev–Trinajstić information content (AvgIpc) is 2.58. The fourth-order valence-corrected chi connectivity index (χ4v) is 1.55. The van der Waals surface area contributed by atoms with Crippen LogP contribution in [0.2, 0.25) is 0 Å². The van der Waals surface area contributed by atoms with E-state index in [9.17, 15) is 0 Å². The highest BCUT2D eigenvalue weighted by Gasteiger charge is 2.27. The number of nitrogens with zero attached hydrogens (tertiary/aromatic N) is 1. The maximum atomic E-state index is 5.64. The normalized spacial score (nSPS) is 18.2. The zero-order chi connectivity index (χ0) is 6.27. The quantitative estimate of drug-likeness (QED) is 0.643. The van der Waals surface area contributed by atoms with Gasteiger partial charge >= 0.3 is 0 Å². The summed E-state index contributed by atoms with van der Waals surface area (Å²) in [4.78, 5) is 4.17. The van der Waals surface area contributed by atoms with Crippen LogP contribution in [-0.4, -0.2) is 4.98 Å². The number of rotatable bonds is 1. The van der Waals surface area contributed by atoms with Crippen molar-refractivity contribution in [3.05, 3.63) is 11.2 Å². The lowest BCUT2D eigenvalue weighted by molar-refractivity contribution is 1.05. The van der Waals surface area contributed by atoms with Gasteiger partial charge in [0.05, 0.1) is 11.2 Å². The molecule has 1 aliphatic rings. The van der Waals surface area contributed by atoms with Crippen molar-refractivity contribution >= 4 is 16.3 Å². The van der Waals surface area contributed by atoms with Crippen LogP contribution in [0.5, 0.6) is 0 Å². The summed E-state index contributed by atoms with van der Waals surface area (Å²) in [6.45, 7) is 0. The monoisotopic (exact) mass is 140 g/mol. The Labute approximate surface area is 57.7 Å². The summed E-state index contributed by atoms with van der Waals surface area (Å²) in [6.07, 6.45) is 2.57. The van der Waals surface area contributed by atoms with E-state index in [1.165, 1.54) is 24.2 Å². The smallest absolute Gasteiger partial charge is 0.109 e. The molecule has 2 nitrogen and oxygen atoms in total. The molecule has 3 heteroatoms. The lowest BCUT2D eigenvalue weighted by Gasteiger charge is -1.88. The van der Waals surface area contributed by atoms with Gasteiger partial charge in [0, 0.05) is 5.92 Å². The molecule has 0 unspecified atom stereocenters. The predicted molar refractivity (Wildman–Crippen MR) is 38.5 cm³/mol. The summed E-state index contributed by atoms with van der Waals surface area (Å²) in [6, 6.07) is 0. The Balaban J connectivity index is 2.35. The Morgan fingerprint density at radius 1 is 1.67 bits per heavy atom. The second kappa shape index (κ2) is 1.70. The number of hydrogen-bond donors (Lipinski definition) is 1. The van der Waals surface area contributed by atoms with Gasteiger partial charge < -0.3 is 5.73 Å². The minimum absolute atomic E-state index is 0.705. The molecule has 1 saturated carbocycles. The minimum atomic E-state index is 0.705. The van der Waals surface area contributed by atoms with E-state index in [2.05, 4.69) is 4.98 Å². The number of hydrogen-bond acceptors (Lipinski definition) is 3. The number of aromatic nitrogens is 1. The number of anilines is 1. The molecule has 1 fully saturated rings. The van der Waals surface area contributed by atoms with Crippen molar-refractivity contribution in [2.24, 2.45) is 0 Å². The second-order valence-electron chi connectivity index (χ2n) is 2.38. The van der Waals surface area contributed by atoms with E-state index in [0.29, 0.717) is 5.92 Å². The first-order valence-electron chi connectivity index (χ1n) is 3.07. The van der Waals surface area contributed by atoms with Gasteiger partial charge in [0.2, 0.25) is 0 Å². The molecule has 2 N–H and O–H groups in total. The molecule has 0 spiro atoms. The molecule has 1 heterocycles. The Bertz CT molecular complexity index is 215. The van der Waals surface area contributed by atoms with Crippen molar-refractivity contribution < 1.29 is 0 Å². The first-order chi connectivity index (χ1) is 4.38. The van der Waals surface area contributed by atoms with Crippen LogP contribution >= 0.6 is 11.3 Å². The van der Waals surface area contributed by atoms with Crippen LogP contribution < -0.4 is 5.73 Å². The largest absolute Gasteiger partial charge is 0.389 e. The van der Waals surface area contributed by atoms with Crippen molar-refractivity contribution in [3.63, 3.8) is 0 Å². The molecule has 0 saturated heterocycles. The molecule has 48 valence electrons. The highest BCUT2D eigenvalue weighted by atomic mass is 32.1. The van der Waals surface area contributed by atoms with Crippen molar-refractivity contribution in [2.75, 3.05) is 5.73 Å². The number of nitrogen functional groups attached to an aromatic ring is 1. The topological polar surface area (TPSA) is 38.9 Å². The van der Waals surface area contributed by atoms with Crippen molar-refractivity contribution in [1.82, 2.24) is 4.98 Å². The van der Waals surface area contributed by atoms with Crippen LogP contribution in [0, 0.1) is 0 Å². The average molecular weight is 140 g/mol. The van der Waals surface area contributed by atoms with Crippen molar-refractivity contribution in [3.8, 4) is 0 Å². The molecule has 0 radical (unpaired) electrons. The SMILES string of the molecule is Nc1scnc1C1CC1. The molecule has 0 amide bonds. The van der Waals surface area contributed by atoms with Crippen LogP contribution in [0.1, 0.15) is 24.5 Å². The number of nitrogens with two attached hydrogens (primary N) is 1. The van der Waals surface area contributed by atoms with Gasteiger partial charge in [-0.15, -0.1) is 11.3 Å². The third-order valence-corrected chi connectivity index (χ3v) is 2.26. The lowest BCUT2D eigenvalue weighted by atomic mass is 10.3. The van der Waals surface area contributed by atoms with Crippen molar-refractivity contribution in [1.29, 1.82) is 0 Å². The Morgan fingerprint density at radius 2 is 2.44 bits per heavy atom. The van der Waals surface area contributed by atoms with Crippen LogP contribution in [0.25, 0.3) is 0 Å². The second-order valence-corrected chi connectivity index (χ2v) is 3.26. The first kappa shape index (κ1) is 5.23. The standard InChI is InChI=1S/C6H8N2S/c7-6-5(4-1-2-4)8-3-9-6/h3-4H,1-2,7H2. The molecule has 1 aromatic heterocycles. The van der Waals surface area contributed by atoms with Crippen molar-refractivity contribution in [2.45, 2.75) is 18.8 Å². The molecule has 2 rings (SSSR count). The fraction of sp³-hybridized carbons (Fsp3) is 0.500. The molecule has 0 bridgehead atoms. The maximum absolute atomic E-state index is 5.64. The van der Waals surface area contributed by atoms with Gasteiger partial charge in [0.1, 0.15) is 5.00 Å². The number of thiazole rings is 1. The van der Waals surface area contributed by atoms with Gasteiger partial charge in [-0.25, -0.2) is 4.98 Å². The Morgan fingerprint density at radius 3 is 2.89 bits per heavy atom. The predicted octanol–water partition coefficient (Wildman–Crippen LogP) is 1.60. The van der Waals surface area contributed by atoms with Gasteiger partial charge in [-0.1, -0.05) is 0 Å². The van der Waals surface area contributed by atoms with E-state index >= 15 is 0 Å². The van der Waals surface area contributed by atoms with E-state index in [1.807, 2.05) is 5.51 Å². The summed E-state index contributed by atoms with van der Waals surface area (Å²) in [7, 11) is 0. The van der Waals surface area contributed by atoms with E-state index < -0.39 is 0 Å². The highest BCUT2D eigenvalue weighted by Crippen LogP contribution is 2.42. The molecule has 0 aromatic carbocycles. The zero-order valence-electron chi connectivity index (χ0n) is 5.00. The third-order valence-electron chi connectivity index (χ3n) is 1.59. The first-order valence-corrected chi connectivity index (χ1v) is 3.95. The molecule has 9 heavy (non-hydrogen) atoms. The fourth-order valence-electron chi connectivity index (χ4n) is 0.927. The van der Waals surface area contributed by atoms with Gasteiger partial charge in [-0.05, 0) is 12.8 Å². The van der Waals surface area contributed by atoms with Gasteiger partial charge in [0.15, 0.2) is 0 Å². The Hall–Kier alpha value is -0.570. The van der Waals surface area contributed by atoms with Gasteiger partial charge in [0.25, 0.3) is 0 Å². The third kappa shape index (κ3) is 0.812. The van der Waals surface area contributed by atoms with Gasteiger partial charge in [-0.2, -0.15) is 0 Å². The van der Waals surface area contributed by atoms with E-state index in [1.54, 1.807) is 0 Å². The minimum Gasteiger partial charge on any atom is -0.389 e. The lowest BCUT2D eigenvalue weighted by Crippen LogP contribution is -1.86. The van der Waals surface area contributed by atoms with Crippen LogP contribution in [0.4, 0.5) is 5.00 Å². The summed E-state index contributed by atoms with van der Waals surface area (Å²) in [5.74, 6) is 0.705.